The summed E-state index contributed by atoms with van der Waals surface area (Å²) < 4.78 is 0. The van der Waals surface area contributed by atoms with Crippen molar-refractivity contribution in [3.05, 3.63) is 88.6 Å². The lowest BCUT2D eigenvalue weighted by molar-refractivity contribution is -0.114. The number of aromatic hydroxyl groups is 1. The van der Waals surface area contributed by atoms with Crippen molar-refractivity contribution in [1.82, 2.24) is 0 Å². The van der Waals surface area contributed by atoms with E-state index in [1.54, 1.807) is 30.3 Å². The molecular weight excluding hydrogens is 356 g/mol. The number of carbonyl (C=O) groups is 1. The van der Waals surface area contributed by atoms with Crippen LogP contribution in [0.25, 0.3) is 0 Å². The Morgan fingerprint density at radius 3 is 2.45 bits per heavy atom. The fourth-order valence-corrected chi connectivity index (χ4v) is 3.80. The molecule has 0 atom stereocenters. The van der Waals surface area contributed by atoms with Crippen molar-refractivity contribution in [2.24, 2.45) is 5.41 Å². The standard InChI is InChI=1S/C27H34O2/c1-20(11-16-26-22(3)10-7-17-27(26,4)5)8-6-9-21(2)18-25(29)19-23-12-14-24(28)15-13-23/h6,8-9,11-16,18,28H,7,10,17,19H2,1-5H3/b9-6+,16-11+,20-8+,21-18+. The first kappa shape index (κ1) is 22.7. The number of rotatable bonds is 7. The second-order valence-corrected chi connectivity index (χ2v) is 8.73. The van der Waals surface area contributed by atoms with Crippen LogP contribution in [0.15, 0.2) is 83.0 Å². The predicted octanol–water partition coefficient (Wildman–Crippen LogP) is 7.04. The van der Waals surface area contributed by atoms with Crippen molar-refractivity contribution < 1.29 is 9.90 Å². The van der Waals surface area contributed by atoms with Crippen molar-refractivity contribution in [3.63, 3.8) is 0 Å². The maximum Gasteiger partial charge on any atom is 0.160 e. The van der Waals surface area contributed by atoms with Crippen molar-refractivity contribution >= 4 is 5.78 Å². The van der Waals surface area contributed by atoms with Gasteiger partial charge in [-0.1, -0.05) is 67.5 Å². The summed E-state index contributed by atoms with van der Waals surface area (Å²) in [5.74, 6) is 0.269. The minimum atomic E-state index is 0.0559. The molecule has 0 heterocycles. The van der Waals surface area contributed by atoms with Crippen LogP contribution in [0.4, 0.5) is 0 Å². The molecule has 1 aromatic rings. The van der Waals surface area contributed by atoms with Crippen molar-refractivity contribution in [3.8, 4) is 5.75 Å². The molecule has 2 heteroatoms. The molecule has 0 saturated carbocycles. The fraction of sp³-hybridized carbons (Fsp3) is 0.370. The molecule has 1 aromatic carbocycles. The predicted molar refractivity (Wildman–Crippen MR) is 123 cm³/mol. The van der Waals surface area contributed by atoms with Gasteiger partial charge in [-0.05, 0) is 80.4 Å². The molecular formula is C27H34O2. The zero-order valence-corrected chi connectivity index (χ0v) is 18.5. The first-order valence-corrected chi connectivity index (χ1v) is 10.4. The van der Waals surface area contributed by atoms with Gasteiger partial charge in [0.15, 0.2) is 5.78 Å². The third kappa shape index (κ3) is 7.38. The van der Waals surface area contributed by atoms with Gasteiger partial charge >= 0.3 is 0 Å². The summed E-state index contributed by atoms with van der Waals surface area (Å²) in [6.45, 7) is 10.9. The van der Waals surface area contributed by atoms with Gasteiger partial charge < -0.3 is 5.11 Å². The quantitative estimate of drug-likeness (QED) is 0.400. The molecule has 0 bridgehead atoms. The number of allylic oxidation sites excluding steroid dienone is 10. The SMILES string of the molecule is CC1=C(/C=C/C(C)=C/C=C/C(C)=C/C(=O)Cc2ccc(O)cc2)C(C)(C)CCC1. The minimum Gasteiger partial charge on any atom is -0.508 e. The zero-order chi connectivity index (χ0) is 21.4. The van der Waals surface area contributed by atoms with Crippen LogP contribution in [0.5, 0.6) is 5.75 Å². The van der Waals surface area contributed by atoms with E-state index in [4.69, 9.17) is 0 Å². The molecule has 0 aliphatic heterocycles. The first-order chi connectivity index (χ1) is 13.7. The molecule has 0 unspecified atom stereocenters. The Morgan fingerprint density at radius 1 is 1.10 bits per heavy atom. The van der Waals surface area contributed by atoms with E-state index < -0.39 is 0 Å². The van der Waals surface area contributed by atoms with E-state index in [9.17, 15) is 9.90 Å². The monoisotopic (exact) mass is 390 g/mol. The van der Waals surface area contributed by atoms with Gasteiger partial charge in [-0.15, -0.1) is 0 Å². The average molecular weight is 391 g/mol. The van der Waals surface area contributed by atoms with Crippen LogP contribution in [0, 0.1) is 5.41 Å². The Labute approximate surface area is 176 Å². The Balaban J connectivity index is 1.95. The maximum atomic E-state index is 12.2. The molecule has 1 N–H and O–H groups in total. The van der Waals surface area contributed by atoms with E-state index in [-0.39, 0.29) is 16.9 Å². The molecule has 1 aliphatic rings. The van der Waals surface area contributed by atoms with E-state index in [1.165, 1.54) is 36.0 Å². The van der Waals surface area contributed by atoms with Gasteiger partial charge in [-0.25, -0.2) is 0 Å². The Kier molecular flexibility index (Phi) is 8.01. The van der Waals surface area contributed by atoms with E-state index in [1.807, 2.05) is 19.1 Å². The lowest BCUT2D eigenvalue weighted by Crippen LogP contribution is -2.19. The average Bonchev–Trinajstić information content (AvgIpc) is 2.62. The third-order valence-corrected chi connectivity index (χ3v) is 5.48. The Hall–Kier alpha value is -2.61. The summed E-state index contributed by atoms with van der Waals surface area (Å²) in [6.07, 6.45) is 16.2. The smallest absolute Gasteiger partial charge is 0.160 e. The Bertz CT molecular complexity index is 872. The molecule has 29 heavy (non-hydrogen) atoms. The first-order valence-electron chi connectivity index (χ1n) is 10.4. The summed E-state index contributed by atoms with van der Waals surface area (Å²) in [4.78, 5) is 12.2. The van der Waals surface area contributed by atoms with Crippen LogP contribution in [0.2, 0.25) is 0 Å². The molecule has 0 spiro atoms. The third-order valence-electron chi connectivity index (χ3n) is 5.48. The highest BCUT2D eigenvalue weighted by Crippen LogP contribution is 2.40. The highest BCUT2D eigenvalue weighted by atomic mass is 16.3. The second kappa shape index (κ2) is 10.2. The normalized spacial score (nSPS) is 18.1. The number of phenols is 1. The largest absolute Gasteiger partial charge is 0.508 e. The number of ketones is 1. The number of phenolic OH excluding ortho intramolecular Hbond substituents is 1. The van der Waals surface area contributed by atoms with Crippen LogP contribution >= 0.6 is 0 Å². The highest BCUT2D eigenvalue weighted by Gasteiger charge is 2.26. The number of hydrogen-bond acceptors (Lipinski definition) is 2. The van der Waals surface area contributed by atoms with Gasteiger partial charge in [-0.3, -0.25) is 4.79 Å². The molecule has 0 saturated heterocycles. The van der Waals surface area contributed by atoms with Gasteiger partial charge in [-0.2, -0.15) is 0 Å². The van der Waals surface area contributed by atoms with Crippen molar-refractivity contribution in [2.75, 3.05) is 0 Å². The molecule has 154 valence electrons. The summed E-state index contributed by atoms with van der Waals surface area (Å²) in [5, 5.41) is 9.31. The van der Waals surface area contributed by atoms with E-state index in [0.717, 1.165) is 11.1 Å². The van der Waals surface area contributed by atoms with E-state index in [2.05, 4.69) is 45.9 Å². The van der Waals surface area contributed by atoms with Crippen LogP contribution < -0.4 is 0 Å². The molecule has 2 rings (SSSR count). The molecule has 0 fully saturated rings. The van der Waals surface area contributed by atoms with Gasteiger partial charge in [0.1, 0.15) is 5.75 Å². The van der Waals surface area contributed by atoms with Gasteiger partial charge in [0.2, 0.25) is 0 Å². The zero-order valence-electron chi connectivity index (χ0n) is 18.5. The van der Waals surface area contributed by atoms with Crippen LogP contribution in [0.1, 0.15) is 59.4 Å². The minimum absolute atomic E-state index is 0.0559. The maximum absolute atomic E-state index is 12.2. The van der Waals surface area contributed by atoms with E-state index >= 15 is 0 Å². The van der Waals surface area contributed by atoms with Crippen LogP contribution in [-0.4, -0.2) is 10.9 Å². The lowest BCUT2D eigenvalue weighted by Gasteiger charge is -2.32. The molecule has 0 aromatic heterocycles. The summed E-state index contributed by atoms with van der Waals surface area (Å²) >= 11 is 0. The van der Waals surface area contributed by atoms with Gasteiger partial charge in [0, 0.05) is 6.42 Å². The van der Waals surface area contributed by atoms with E-state index in [0.29, 0.717) is 6.42 Å². The lowest BCUT2D eigenvalue weighted by atomic mass is 9.72. The molecule has 0 amide bonds. The number of hydrogen-bond donors (Lipinski definition) is 1. The second-order valence-electron chi connectivity index (χ2n) is 8.73. The summed E-state index contributed by atoms with van der Waals surface area (Å²) in [6, 6.07) is 6.75. The van der Waals surface area contributed by atoms with Gasteiger partial charge in [0.05, 0.1) is 0 Å². The summed E-state index contributed by atoms with van der Waals surface area (Å²) in [7, 11) is 0. The van der Waals surface area contributed by atoms with Crippen molar-refractivity contribution in [1.29, 1.82) is 0 Å². The van der Waals surface area contributed by atoms with Crippen molar-refractivity contribution in [2.45, 2.75) is 60.3 Å². The number of carbonyl (C=O) groups excluding carboxylic acids is 1. The fourth-order valence-electron chi connectivity index (χ4n) is 3.80. The summed E-state index contributed by atoms with van der Waals surface area (Å²) in [5.41, 5.74) is 6.24. The van der Waals surface area contributed by atoms with Crippen LogP contribution in [-0.2, 0) is 11.2 Å². The topological polar surface area (TPSA) is 37.3 Å². The van der Waals surface area contributed by atoms with Crippen LogP contribution in [0.3, 0.4) is 0 Å². The highest BCUT2D eigenvalue weighted by molar-refractivity contribution is 5.92. The van der Waals surface area contributed by atoms with Gasteiger partial charge in [0.25, 0.3) is 0 Å². The molecule has 2 nitrogen and oxygen atoms in total. The molecule has 0 radical (unpaired) electrons. The molecule has 1 aliphatic carbocycles. The Morgan fingerprint density at radius 2 is 1.79 bits per heavy atom. The number of benzene rings is 1.